The van der Waals surface area contributed by atoms with Crippen LogP contribution in [0, 0.1) is 5.82 Å². The molecule has 0 amide bonds. The molecule has 0 aliphatic rings. The summed E-state index contributed by atoms with van der Waals surface area (Å²) >= 11 is -2.80. The Morgan fingerprint density at radius 3 is 2.20 bits per heavy atom. The molecule has 0 aliphatic carbocycles. The van der Waals surface area contributed by atoms with Gasteiger partial charge in [-0.05, 0) is 29.3 Å². The zero-order valence-corrected chi connectivity index (χ0v) is 10.3. The molecule has 1 aromatic rings. The zero-order valence-electron chi connectivity index (χ0n) is 7.47. The molecule has 0 aliphatic heterocycles. The molecule has 0 saturated carbocycles. The number of hydrogen-bond donors (Lipinski definition) is 0. The van der Waals surface area contributed by atoms with Crippen molar-refractivity contribution in [2.24, 2.45) is 0 Å². The standard InChI is InChI=1S/C7H4F4O2S.Na/c8-6-2-1-4(14(12)13)3-5(6)7(9,10)11;/h1-3H,(H,12,13);/q;+1/p-1. The van der Waals surface area contributed by atoms with Gasteiger partial charge in [-0.25, -0.2) is 4.39 Å². The van der Waals surface area contributed by atoms with Gasteiger partial charge in [0.15, 0.2) is 0 Å². The van der Waals surface area contributed by atoms with Gasteiger partial charge in [0.1, 0.15) is 5.82 Å². The van der Waals surface area contributed by atoms with E-state index in [9.17, 15) is 26.3 Å². The molecule has 0 heterocycles. The summed E-state index contributed by atoms with van der Waals surface area (Å²) < 4.78 is 69.4. The van der Waals surface area contributed by atoms with E-state index < -0.39 is 33.5 Å². The molecule has 0 fully saturated rings. The maximum absolute atomic E-state index is 12.6. The first kappa shape index (κ1) is 15.0. The molecule has 1 unspecified atom stereocenters. The van der Waals surface area contributed by atoms with E-state index >= 15 is 0 Å². The Morgan fingerprint density at radius 1 is 1.27 bits per heavy atom. The van der Waals surface area contributed by atoms with Gasteiger partial charge in [0.05, 0.1) is 5.56 Å². The topological polar surface area (TPSA) is 40.1 Å². The van der Waals surface area contributed by atoms with Crippen molar-refractivity contribution in [1.82, 2.24) is 0 Å². The fourth-order valence-corrected chi connectivity index (χ4v) is 1.22. The smallest absolute Gasteiger partial charge is 0.768 e. The number of benzene rings is 1. The van der Waals surface area contributed by atoms with Crippen LogP contribution in [-0.4, -0.2) is 8.76 Å². The van der Waals surface area contributed by atoms with Crippen LogP contribution in [0.4, 0.5) is 17.6 Å². The monoisotopic (exact) mass is 250 g/mol. The Hall–Kier alpha value is 0.0500. The van der Waals surface area contributed by atoms with E-state index in [4.69, 9.17) is 0 Å². The number of halogens is 4. The molecule has 1 atom stereocenters. The summed E-state index contributed by atoms with van der Waals surface area (Å²) in [6.45, 7) is 0. The first-order valence-corrected chi connectivity index (χ1v) is 4.36. The third-order valence-electron chi connectivity index (χ3n) is 1.44. The fraction of sp³-hybridized carbons (Fsp3) is 0.143. The third kappa shape index (κ3) is 3.84. The van der Waals surface area contributed by atoms with Crippen LogP contribution in [0.3, 0.4) is 0 Å². The Kier molecular flexibility index (Phi) is 5.42. The summed E-state index contributed by atoms with van der Waals surface area (Å²) in [5, 5.41) is 0. The number of hydrogen-bond acceptors (Lipinski definition) is 2. The Morgan fingerprint density at radius 2 is 1.80 bits per heavy atom. The van der Waals surface area contributed by atoms with E-state index in [1.807, 2.05) is 0 Å². The summed E-state index contributed by atoms with van der Waals surface area (Å²) in [5.74, 6) is -1.49. The maximum atomic E-state index is 12.6. The second-order valence-electron chi connectivity index (χ2n) is 2.37. The average Bonchev–Trinajstić information content (AvgIpc) is 2.02. The van der Waals surface area contributed by atoms with Crippen molar-refractivity contribution < 1.29 is 55.9 Å². The fourth-order valence-electron chi connectivity index (χ4n) is 0.825. The normalized spacial score (nSPS) is 13.1. The maximum Gasteiger partial charge on any atom is 1.00 e. The average molecular weight is 250 g/mol. The molecule has 1 aromatic carbocycles. The van der Waals surface area contributed by atoms with Gasteiger partial charge >= 0.3 is 35.7 Å². The molecule has 0 radical (unpaired) electrons. The van der Waals surface area contributed by atoms with Gasteiger partial charge < -0.3 is 4.55 Å². The molecule has 8 heteroatoms. The molecular formula is C7H3F4NaO2S. The molecule has 0 aromatic heterocycles. The summed E-state index contributed by atoms with van der Waals surface area (Å²) in [5.41, 5.74) is -1.58. The van der Waals surface area contributed by atoms with Crippen molar-refractivity contribution in [3.8, 4) is 0 Å². The second kappa shape index (κ2) is 5.40. The van der Waals surface area contributed by atoms with E-state index in [-0.39, 0.29) is 35.6 Å². The summed E-state index contributed by atoms with van der Waals surface area (Å²) in [7, 11) is 0. The van der Waals surface area contributed by atoms with Crippen molar-refractivity contribution in [1.29, 1.82) is 0 Å². The predicted octanol–water partition coefficient (Wildman–Crippen LogP) is -0.913. The van der Waals surface area contributed by atoms with E-state index in [0.717, 1.165) is 6.07 Å². The molecule has 0 saturated heterocycles. The van der Waals surface area contributed by atoms with Gasteiger partial charge in [-0.15, -0.1) is 0 Å². The van der Waals surface area contributed by atoms with Crippen molar-refractivity contribution in [3.63, 3.8) is 0 Å². The quantitative estimate of drug-likeness (QED) is 0.367. The molecule has 1 rings (SSSR count). The van der Waals surface area contributed by atoms with Gasteiger partial charge in [-0.3, -0.25) is 4.21 Å². The minimum Gasteiger partial charge on any atom is -0.768 e. The minimum absolute atomic E-state index is 0. The van der Waals surface area contributed by atoms with Crippen LogP contribution in [0.25, 0.3) is 0 Å². The summed E-state index contributed by atoms with van der Waals surface area (Å²) in [6.07, 6.45) is -4.89. The Bertz CT molecular complexity index is 380. The molecule has 0 N–H and O–H groups in total. The van der Waals surface area contributed by atoms with Crippen LogP contribution in [0.2, 0.25) is 0 Å². The first-order valence-electron chi connectivity index (χ1n) is 3.28. The predicted molar refractivity (Wildman–Crippen MR) is 38.6 cm³/mol. The van der Waals surface area contributed by atoms with Crippen molar-refractivity contribution in [3.05, 3.63) is 29.6 Å². The molecule has 0 bridgehead atoms. The van der Waals surface area contributed by atoms with E-state index in [2.05, 4.69) is 0 Å². The molecular weight excluding hydrogens is 247 g/mol. The summed E-state index contributed by atoms with van der Waals surface area (Å²) in [6, 6.07) is 1.47. The third-order valence-corrected chi connectivity index (χ3v) is 2.07. The Labute approximate surface area is 107 Å². The van der Waals surface area contributed by atoms with Crippen LogP contribution in [0.15, 0.2) is 23.1 Å². The van der Waals surface area contributed by atoms with E-state index in [1.54, 1.807) is 0 Å². The van der Waals surface area contributed by atoms with Gasteiger partial charge in [0.2, 0.25) is 0 Å². The zero-order chi connectivity index (χ0) is 10.9. The minimum atomic E-state index is -4.89. The first-order chi connectivity index (χ1) is 6.32. The number of alkyl halides is 3. The second-order valence-corrected chi connectivity index (χ2v) is 3.31. The SMILES string of the molecule is O=S([O-])c1ccc(F)c(C(F)(F)F)c1.[Na+]. The van der Waals surface area contributed by atoms with Gasteiger partial charge in [-0.2, -0.15) is 13.2 Å². The van der Waals surface area contributed by atoms with Crippen LogP contribution < -0.4 is 29.6 Å². The van der Waals surface area contributed by atoms with Crippen molar-refractivity contribution in [2.45, 2.75) is 11.1 Å². The molecule has 15 heavy (non-hydrogen) atoms. The van der Waals surface area contributed by atoms with Crippen molar-refractivity contribution in [2.75, 3.05) is 0 Å². The van der Waals surface area contributed by atoms with Gasteiger partial charge in [0, 0.05) is 4.90 Å². The molecule has 0 spiro atoms. The van der Waals surface area contributed by atoms with Crippen molar-refractivity contribution >= 4 is 11.1 Å². The van der Waals surface area contributed by atoms with E-state index in [0.29, 0.717) is 6.07 Å². The van der Waals surface area contributed by atoms with Crippen LogP contribution in [0.1, 0.15) is 5.56 Å². The van der Waals surface area contributed by atoms with Crippen LogP contribution in [0.5, 0.6) is 0 Å². The van der Waals surface area contributed by atoms with Crippen LogP contribution in [-0.2, 0) is 17.3 Å². The van der Waals surface area contributed by atoms with E-state index in [1.165, 1.54) is 0 Å². The number of rotatable bonds is 1. The summed E-state index contributed by atoms with van der Waals surface area (Å²) in [4.78, 5) is -0.598. The van der Waals surface area contributed by atoms with Gasteiger partial charge in [-0.1, -0.05) is 0 Å². The largest absolute Gasteiger partial charge is 1.00 e. The van der Waals surface area contributed by atoms with Gasteiger partial charge in [0.25, 0.3) is 0 Å². The Balaban J connectivity index is 0.00000196. The molecule has 78 valence electrons. The molecule has 2 nitrogen and oxygen atoms in total. The van der Waals surface area contributed by atoms with Crippen LogP contribution >= 0.6 is 0 Å².